The van der Waals surface area contributed by atoms with Crippen LogP contribution in [0.2, 0.25) is 0 Å². The maximum atomic E-state index is 15.3. The number of aliphatic hydroxyl groups is 1. The number of nitrogens with one attached hydrogen (secondary N) is 1. The lowest BCUT2D eigenvalue weighted by Crippen LogP contribution is -2.52. The molecule has 2 aliphatic rings. The van der Waals surface area contributed by atoms with Crippen LogP contribution >= 0.6 is 19.3 Å². The van der Waals surface area contributed by atoms with Gasteiger partial charge in [0.25, 0.3) is 6.43 Å². The zero-order valence-electron chi connectivity index (χ0n) is 23.1. The first-order valence-electron chi connectivity index (χ1n) is 13.1. The quantitative estimate of drug-likeness (QED) is 0.207. The number of Topliss-reactive ketones (excluding diaryl/α,β-unsaturated/α-hetero) is 1. The van der Waals surface area contributed by atoms with Crippen molar-refractivity contribution < 1.29 is 55.7 Å². The second-order valence-corrected chi connectivity index (χ2v) is 12.3. The van der Waals surface area contributed by atoms with Gasteiger partial charge in [-0.3, -0.25) is 23.8 Å². The van der Waals surface area contributed by atoms with E-state index in [-0.39, 0.29) is 5.75 Å². The number of carbonyl (C=O) groups excluding carboxylic acids is 3. The minimum atomic E-state index is -4.79. The Morgan fingerprint density at radius 1 is 1.21 bits per heavy atom. The van der Waals surface area contributed by atoms with Crippen LogP contribution in [0.5, 0.6) is 5.75 Å². The number of nitrogens with zero attached hydrogens (tertiary/aromatic N) is 1. The molecule has 11 nitrogen and oxygen atoms in total. The highest BCUT2D eigenvalue weighted by atomic mass is 35.5. The molecular weight excluding hydrogens is 620 g/mol. The molecule has 16 heteroatoms. The average molecular weight is 649 g/mol. The number of ether oxygens (including phenoxy) is 2. The van der Waals surface area contributed by atoms with E-state index in [9.17, 15) is 32.8 Å². The highest BCUT2D eigenvalue weighted by Crippen LogP contribution is 2.49. The average Bonchev–Trinajstić information content (AvgIpc) is 3.19. The molecule has 0 bridgehead atoms. The van der Waals surface area contributed by atoms with E-state index >= 15 is 4.39 Å². The van der Waals surface area contributed by atoms with Crippen LogP contribution in [0.3, 0.4) is 0 Å². The molecule has 6 atom stereocenters. The van der Waals surface area contributed by atoms with Gasteiger partial charge in [-0.05, 0) is 43.7 Å². The minimum Gasteiger partial charge on any atom is -0.462 e. The third-order valence-corrected chi connectivity index (χ3v) is 8.57. The molecule has 2 aliphatic heterocycles. The van der Waals surface area contributed by atoms with Crippen molar-refractivity contribution in [2.24, 2.45) is 0 Å². The molecule has 1 unspecified atom stereocenters. The molecule has 0 saturated carbocycles. The van der Waals surface area contributed by atoms with Gasteiger partial charge in [-0.15, -0.1) is 0 Å². The van der Waals surface area contributed by atoms with Crippen molar-refractivity contribution in [1.29, 1.82) is 0 Å². The first kappa shape index (κ1) is 32.9. The zero-order chi connectivity index (χ0) is 31.7. The molecule has 2 N–H and O–H groups in total. The van der Waals surface area contributed by atoms with Gasteiger partial charge in [0.1, 0.15) is 22.9 Å². The third-order valence-electron chi connectivity index (χ3n) is 6.64. The van der Waals surface area contributed by atoms with E-state index in [0.29, 0.717) is 10.3 Å². The second kappa shape index (κ2) is 12.9. The predicted molar refractivity (Wildman–Crippen MR) is 147 cm³/mol. The summed E-state index contributed by atoms with van der Waals surface area (Å²) in [5.74, 6) is -2.69. The van der Waals surface area contributed by atoms with Crippen LogP contribution in [-0.4, -0.2) is 76.9 Å². The van der Waals surface area contributed by atoms with Crippen molar-refractivity contribution in [2.75, 3.05) is 6.61 Å². The van der Waals surface area contributed by atoms with Crippen LogP contribution < -0.4 is 9.61 Å². The number of carbonyl (C=O) groups is 3. The Morgan fingerprint density at radius 3 is 2.53 bits per heavy atom. The number of aliphatic hydroxyl groups excluding tert-OH is 1. The molecule has 2 heterocycles. The van der Waals surface area contributed by atoms with Crippen molar-refractivity contribution in [3.8, 4) is 5.75 Å². The lowest BCUT2D eigenvalue weighted by molar-refractivity contribution is -0.199. The fourth-order valence-electron chi connectivity index (χ4n) is 4.42. The number of ketones is 1. The van der Waals surface area contributed by atoms with E-state index in [1.807, 2.05) is 0 Å². The number of alkyl halides is 3. The van der Waals surface area contributed by atoms with Crippen LogP contribution in [0.1, 0.15) is 27.2 Å². The summed E-state index contributed by atoms with van der Waals surface area (Å²) in [4.78, 5) is 37.1. The monoisotopic (exact) mass is 648 g/mol. The van der Waals surface area contributed by atoms with E-state index < -0.39 is 86.1 Å². The Balaban J connectivity index is 1.63. The van der Waals surface area contributed by atoms with Crippen molar-refractivity contribution in [1.82, 2.24) is 9.99 Å². The number of rotatable bonds is 11. The van der Waals surface area contributed by atoms with Crippen LogP contribution in [0, 0.1) is 0 Å². The third kappa shape index (κ3) is 7.05. The van der Waals surface area contributed by atoms with E-state index in [1.54, 1.807) is 44.2 Å². The Bertz CT molecular complexity index is 1480. The molecule has 43 heavy (non-hydrogen) atoms. The molecule has 1 saturated heterocycles. The van der Waals surface area contributed by atoms with Crippen LogP contribution in [0.15, 0.2) is 53.7 Å². The molecule has 234 valence electrons. The minimum absolute atomic E-state index is 0.0393. The molecule has 2 aromatic carbocycles. The van der Waals surface area contributed by atoms with Gasteiger partial charge in [0.2, 0.25) is 5.91 Å². The maximum absolute atomic E-state index is 15.3. The molecule has 0 radical (unpaired) electrons. The first-order valence-corrected chi connectivity index (χ1v) is 15.0. The highest BCUT2D eigenvalue weighted by molar-refractivity contribution is 7.52. The molecular formula is C27H29ClF3N2O9P. The molecule has 0 aromatic heterocycles. The number of hydrogen-bond acceptors (Lipinski definition) is 9. The molecule has 4 rings (SSSR count). The lowest BCUT2D eigenvalue weighted by atomic mass is 9.97. The van der Waals surface area contributed by atoms with Gasteiger partial charge < -0.3 is 19.1 Å². The summed E-state index contributed by atoms with van der Waals surface area (Å²) in [6, 6.07) is 10.3. The van der Waals surface area contributed by atoms with Crippen molar-refractivity contribution in [2.45, 2.75) is 69.9 Å². The van der Waals surface area contributed by atoms with E-state index in [4.69, 9.17) is 30.1 Å². The van der Waals surface area contributed by atoms with E-state index in [0.717, 1.165) is 11.6 Å². The number of halogens is 4. The molecule has 0 spiro atoms. The van der Waals surface area contributed by atoms with Gasteiger partial charge in [0.15, 0.2) is 23.8 Å². The van der Waals surface area contributed by atoms with Crippen LogP contribution in [0.4, 0.5) is 13.2 Å². The van der Waals surface area contributed by atoms with Crippen LogP contribution in [0.25, 0.3) is 10.8 Å². The fraction of sp³-hybridized carbons (Fsp3) is 0.444. The summed E-state index contributed by atoms with van der Waals surface area (Å²) >= 11 is 5.77. The van der Waals surface area contributed by atoms with Crippen molar-refractivity contribution >= 4 is 47.8 Å². The van der Waals surface area contributed by atoms with Gasteiger partial charge in [-0.2, -0.15) is 5.09 Å². The molecule has 1 fully saturated rings. The summed E-state index contributed by atoms with van der Waals surface area (Å²) in [6.07, 6.45) is -11.6. The number of amides is 1. The standard InChI is InChI=1S/C27H29ClF3N2O9P/c1-14(2)40-25(37)15(3)32-43(38,42-18-9-8-16-6-4-5-7-17(16)10-18)39-13-27(26(30)31)23(36)22(29)24(41-27)33-12-19(28)20(34)11-21(33)35/h4-10,12,14-15,22-24,26,36H,11,13H2,1-3H3,(H,32,38)/t15-,22+,23-,24+,27+,43?/m0/s1. The van der Waals surface area contributed by atoms with Gasteiger partial charge >= 0.3 is 13.7 Å². The second-order valence-electron chi connectivity index (χ2n) is 10.2. The predicted octanol–water partition coefficient (Wildman–Crippen LogP) is 4.21. The number of benzene rings is 2. The fourth-order valence-corrected chi connectivity index (χ4v) is 6.11. The summed E-state index contributed by atoms with van der Waals surface area (Å²) in [5, 5.41) is 13.9. The molecule has 2 aromatic rings. The SMILES string of the molecule is CC(C)OC(=O)[C@H](C)NP(=O)(OC[C@@]1(C(F)F)O[C@@H](N2C=C(Cl)C(=O)CC2=O)[C@H](F)[C@@H]1O)Oc1ccc2ccccc2c1. The maximum Gasteiger partial charge on any atom is 0.459 e. The summed E-state index contributed by atoms with van der Waals surface area (Å²) < 4.78 is 79.6. The Kier molecular flexibility index (Phi) is 9.89. The molecule has 1 amide bonds. The number of hydrogen-bond donors (Lipinski definition) is 2. The number of allylic oxidation sites excluding steroid dienone is 1. The van der Waals surface area contributed by atoms with E-state index in [2.05, 4.69) is 5.09 Å². The zero-order valence-corrected chi connectivity index (χ0v) is 24.8. The van der Waals surface area contributed by atoms with Gasteiger partial charge in [-0.1, -0.05) is 41.9 Å². The Labute approximate surface area is 249 Å². The number of esters is 1. The highest BCUT2D eigenvalue weighted by Gasteiger charge is 2.63. The summed E-state index contributed by atoms with van der Waals surface area (Å²) in [7, 11) is -4.79. The first-order chi connectivity index (χ1) is 20.2. The summed E-state index contributed by atoms with van der Waals surface area (Å²) in [6.45, 7) is 2.99. The Hall–Kier alpha value is -3.00. The van der Waals surface area contributed by atoms with Crippen LogP contribution in [-0.2, 0) is 32.9 Å². The lowest BCUT2D eigenvalue weighted by Gasteiger charge is -2.33. The van der Waals surface area contributed by atoms with Gasteiger partial charge in [0.05, 0.1) is 19.1 Å². The van der Waals surface area contributed by atoms with Gasteiger partial charge in [0, 0.05) is 6.20 Å². The number of fused-ring (bicyclic) bond motifs is 1. The normalized spacial score (nSPS) is 26.5. The summed E-state index contributed by atoms with van der Waals surface area (Å²) in [5.41, 5.74) is -3.17. The largest absolute Gasteiger partial charge is 0.462 e. The Morgan fingerprint density at radius 2 is 1.88 bits per heavy atom. The van der Waals surface area contributed by atoms with Crippen molar-refractivity contribution in [3.05, 3.63) is 53.7 Å². The van der Waals surface area contributed by atoms with Crippen molar-refractivity contribution in [3.63, 3.8) is 0 Å². The molecule has 0 aliphatic carbocycles. The van der Waals surface area contributed by atoms with E-state index in [1.165, 1.54) is 19.1 Å². The smallest absolute Gasteiger partial charge is 0.459 e. The topological polar surface area (TPSA) is 141 Å². The van der Waals surface area contributed by atoms with Gasteiger partial charge in [-0.25, -0.2) is 17.7 Å².